The highest BCUT2D eigenvalue weighted by Gasteiger charge is 2.28. The van der Waals surface area contributed by atoms with E-state index in [-0.39, 0.29) is 5.54 Å². The van der Waals surface area contributed by atoms with Crippen LogP contribution in [-0.2, 0) is 4.74 Å². The summed E-state index contributed by atoms with van der Waals surface area (Å²) in [5.74, 6) is 0.938. The van der Waals surface area contributed by atoms with Crippen LogP contribution in [0.1, 0.15) is 19.8 Å². The van der Waals surface area contributed by atoms with Gasteiger partial charge in [0.1, 0.15) is 0 Å². The van der Waals surface area contributed by atoms with E-state index in [0.717, 1.165) is 45.1 Å². The molecule has 1 unspecified atom stereocenters. The van der Waals surface area contributed by atoms with E-state index < -0.39 is 0 Å². The average molecular weight is 183 g/mol. The molecule has 4 nitrogen and oxygen atoms in total. The molecule has 0 aromatic carbocycles. The van der Waals surface area contributed by atoms with Crippen LogP contribution >= 0.6 is 0 Å². The fourth-order valence-corrected chi connectivity index (χ4v) is 1.80. The topological polar surface area (TPSA) is 45.7 Å². The van der Waals surface area contributed by atoms with Crippen molar-refractivity contribution in [3.63, 3.8) is 0 Å². The molecular formula is C9H17N3O. The number of aliphatic imine (C=N–C) groups is 1. The Hall–Kier alpha value is -0.770. The lowest BCUT2D eigenvalue weighted by atomic mass is 9.95. The zero-order valence-electron chi connectivity index (χ0n) is 8.10. The second-order valence-corrected chi connectivity index (χ2v) is 4.00. The molecule has 0 radical (unpaired) electrons. The Balaban J connectivity index is 1.90. The van der Waals surface area contributed by atoms with Crippen molar-refractivity contribution >= 4 is 5.96 Å². The van der Waals surface area contributed by atoms with Crippen LogP contribution < -0.4 is 10.6 Å². The maximum atomic E-state index is 5.45. The van der Waals surface area contributed by atoms with Crippen molar-refractivity contribution in [1.82, 2.24) is 10.6 Å². The Bertz CT molecular complexity index is 209. The first-order valence-electron chi connectivity index (χ1n) is 4.93. The summed E-state index contributed by atoms with van der Waals surface area (Å²) in [5, 5.41) is 6.62. The number of rotatable bonds is 1. The van der Waals surface area contributed by atoms with E-state index in [4.69, 9.17) is 4.74 Å². The predicted octanol–water partition coefficient (Wildman–Crippen LogP) is 0.104. The molecule has 2 N–H and O–H groups in total. The molecule has 0 saturated carbocycles. The van der Waals surface area contributed by atoms with Crippen LogP contribution in [0.2, 0.25) is 0 Å². The normalized spacial score (nSPS) is 33.8. The third kappa shape index (κ3) is 2.12. The van der Waals surface area contributed by atoms with Gasteiger partial charge in [0, 0.05) is 13.2 Å². The lowest BCUT2D eigenvalue weighted by Crippen LogP contribution is -2.54. The van der Waals surface area contributed by atoms with Gasteiger partial charge in [-0.2, -0.15) is 0 Å². The van der Waals surface area contributed by atoms with Crippen LogP contribution in [0.25, 0.3) is 0 Å². The summed E-state index contributed by atoms with van der Waals surface area (Å²) in [4.78, 5) is 4.31. The Morgan fingerprint density at radius 3 is 3.15 bits per heavy atom. The van der Waals surface area contributed by atoms with Crippen LogP contribution in [-0.4, -0.2) is 37.8 Å². The minimum Gasteiger partial charge on any atom is -0.379 e. The second-order valence-electron chi connectivity index (χ2n) is 4.00. The van der Waals surface area contributed by atoms with E-state index in [1.807, 2.05) is 0 Å². The van der Waals surface area contributed by atoms with Gasteiger partial charge in [0.25, 0.3) is 0 Å². The molecule has 74 valence electrons. The van der Waals surface area contributed by atoms with Crippen LogP contribution in [0, 0.1) is 0 Å². The van der Waals surface area contributed by atoms with Gasteiger partial charge in [0.05, 0.1) is 18.7 Å². The highest BCUT2D eigenvalue weighted by molar-refractivity contribution is 5.81. The maximum Gasteiger partial charge on any atom is 0.191 e. The molecule has 0 bridgehead atoms. The number of nitrogens with one attached hydrogen (secondary N) is 2. The van der Waals surface area contributed by atoms with Gasteiger partial charge in [-0.1, -0.05) is 0 Å². The van der Waals surface area contributed by atoms with Crippen molar-refractivity contribution in [3.05, 3.63) is 0 Å². The summed E-state index contributed by atoms with van der Waals surface area (Å²) < 4.78 is 5.45. The lowest BCUT2D eigenvalue weighted by Gasteiger charge is -2.34. The summed E-state index contributed by atoms with van der Waals surface area (Å²) in [6.45, 7) is 5.72. The maximum absolute atomic E-state index is 5.45. The molecule has 2 aliphatic heterocycles. The van der Waals surface area contributed by atoms with E-state index in [1.54, 1.807) is 0 Å². The van der Waals surface area contributed by atoms with Gasteiger partial charge in [0.15, 0.2) is 5.96 Å². The first kappa shape index (κ1) is 8.81. The number of guanidine groups is 1. The van der Waals surface area contributed by atoms with Crippen LogP contribution in [0.15, 0.2) is 4.99 Å². The smallest absolute Gasteiger partial charge is 0.191 e. The Morgan fingerprint density at radius 2 is 2.54 bits per heavy atom. The second kappa shape index (κ2) is 3.54. The van der Waals surface area contributed by atoms with Crippen molar-refractivity contribution in [2.24, 2.45) is 4.99 Å². The number of hydrogen-bond acceptors (Lipinski definition) is 4. The standard InChI is InChI=1S/C9H17N3O/c1-9(3-2-6-13-7-9)12-8-10-4-5-11-8/h2-7H2,1H3,(H2,10,11,12). The molecule has 2 aliphatic rings. The van der Waals surface area contributed by atoms with Crippen LogP contribution in [0.4, 0.5) is 0 Å². The quantitative estimate of drug-likeness (QED) is 0.606. The Kier molecular flexibility index (Phi) is 2.40. The minimum atomic E-state index is 0.0778. The summed E-state index contributed by atoms with van der Waals surface area (Å²) in [6, 6.07) is 0. The van der Waals surface area contributed by atoms with E-state index >= 15 is 0 Å². The van der Waals surface area contributed by atoms with E-state index in [1.165, 1.54) is 0 Å². The molecule has 1 fully saturated rings. The zero-order chi connectivity index (χ0) is 9.15. The fraction of sp³-hybridized carbons (Fsp3) is 0.889. The van der Waals surface area contributed by atoms with Gasteiger partial charge in [-0.15, -0.1) is 0 Å². The van der Waals surface area contributed by atoms with E-state index in [9.17, 15) is 0 Å². The molecule has 0 aromatic heterocycles. The largest absolute Gasteiger partial charge is 0.379 e. The van der Waals surface area contributed by atoms with Gasteiger partial charge < -0.3 is 15.4 Å². The van der Waals surface area contributed by atoms with Crippen molar-refractivity contribution in [2.45, 2.75) is 25.3 Å². The monoisotopic (exact) mass is 183 g/mol. The van der Waals surface area contributed by atoms with Crippen molar-refractivity contribution in [2.75, 3.05) is 26.3 Å². The van der Waals surface area contributed by atoms with Gasteiger partial charge >= 0.3 is 0 Å². The molecule has 2 heterocycles. The van der Waals surface area contributed by atoms with E-state index in [0.29, 0.717) is 0 Å². The molecule has 0 aliphatic carbocycles. The zero-order valence-corrected chi connectivity index (χ0v) is 8.10. The first-order chi connectivity index (χ1) is 6.29. The van der Waals surface area contributed by atoms with Gasteiger partial charge in [0.2, 0.25) is 0 Å². The highest BCUT2D eigenvalue weighted by atomic mass is 16.5. The Labute approximate surface area is 78.8 Å². The molecule has 0 amide bonds. The number of nitrogens with zero attached hydrogens (tertiary/aromatic N) is 1. The van der Waals surface area contributed by atoms with Gasteiger partial charge in [-0.3, -0.25) is 4.99 Å². The van der Waals surface area contributed by atoms with Crippen LogP contribution in [0.3, 0.4) is 0 Å². The minimum absolute atomic E-state index is 0.0778. The molecule has 13 heavy (non-hydrogen) atoms. The molecule has 0 spiro atoms. The lowest BCUT2D eigenvalue weighted by molar-refractivity contribution is 0.0368. The van der Waals surface area contributed by atoms with Crippen molar-refractivity contribution < 1.29 is 4.74 Å². The average Bonchev–Trinajstić information content (AvgIpc) is 2.57. The molecule has 0 aromatic rings. The van der Waals surface area contributed by atoms with Crippen molar-refractivity contribution in [3.8, 4) is 0 Å². The van der Waals surface area contributed by atoms with Crippen LogP contribution in [0.5, 0.6) is 0 Å². The number of ether oxygens (including phenoxy) is 1. The molecule has 4 heteroatoms. The molecule has 2 rings (SSSR count). The molecule has 1 atom stereocenters. The fourth-order valence-electron chi connectivity index (χ4n) is 1.80. The first-order valence-corrected chi connectivity index (χ1v) is 4.93. The van der Waals surface area contributed by atoms with Crippen molar-refractivity contribution in [1.29, 1.82) is 0 Å². The third-order valence-electron chi connectivity index (χ3n) is 2.53. The third-order valence-corrected chi connectivity index (χ3v) is 2.53. The molecular weight excluding hydrogens is 166 g/mol. The van der Waals surface area contributed by atoms with Gasteiger partial charge in [-0.25, -0.2) is 0 Å². The highest BCUT2D eigenvalue weighted by Crippen LogP contribution is 2.18. The number of hydrogen-bond donors (Lipinski definition) is 2. The summed E-state index contributed by atoms with van der Waals surface area (Å²) >= 11 is 0. The predicted molar refractivity (Wildman–Crippen MR) is 51.9 cm³/mol. The molecule has 1 saturated heterocycles. The van der Waals surface area contributed by atoms with Gasteiger partial charge in [-0.05, 0) is 19.8 Å². The summed E-state index contributed by atoms with van der Waals surface area (Å²) in [7, 11) is 0. The SMILES string of the molecule is CC1(NC2=NCCN2)CCCOC1. The Morgan fingerprint density at radius 1 is 1.62 bits per heavy atom. The summed E-state index contributed by atoms with van der Waals surface area (Å²) in [5.41, 5.74) is 0.0778. The van der Waals surface area contributed by atoms with E-state index in [2.05, 4.69) is 22.5 Å². The summed E-state index contributed by atoms with van der Waals surface area (Å²) in [6.07, 6.45) is 2.30.